The molecule has 1 aliphatic heterocycles. The van der Waals surface area contributed by atoms with Crippen molar-refractivity contribution in [2.45, 2.75) is 45.1 Å². The van der Waals surface area contributed by atoms with Crippen molar-refractivity contribution in [1.29, 1.82) is 0 Å². The second-order valence-corrected chi connectivity index (χ2v) is 8.89. The third kappa shape index (κ3) is 4.48. The maximum absolute atomic E-state index is 12.6. The summed E-state index contributed by atoms with van der Waals surface area (Å²) >= 11 is 0. The van der Waals surface area contributed by atoms with Crippen molar-refractivity contribution in [3.8, 4) is 0 Å². The van der Waals surface area contributed by atoms with E-state index in [1.165, 1.54) is 4.31 Å². The van der Waals surface area contributed by atoms with Gasteiger partial charge >= 0.3 is 0 Å². The van der Waals surface area contributed by atoms with Crippen LogP contribution >= 0.6 is 0 Å². The lowest BCUT2D eigenvalue weighted by molar-refractivity contribution is -0.121. The van der Waals surface area contributed by atoms with Gasteiger partial charge < -0.3 is 0 Å². The quantitative estimate of drug-likeness (QED) is 0.588. The highest BCUT2D eigenvalue weighted by Crippen LogP contribution is 2.21. The van der Waals surface area contributed by atoms with Crippen LogP contribution in [-0.4, -0.2) is 47.2 Å². The van der Waals surface area contributed by atoms with E-state index in [-0.39, 0.29) is 17.3 Å². The minimum Gasteiger partial charge on any atom is -0.271 e. The standard InChI is InChI=1S/C19H25N5O3S/c1-14-12-15(2)24(22-14)13-19(25)21-20-16(3)17-6-8-18(9-7-17)28(26,27)23-10-4-5-11-23/h6-9,12H,4-5,10-11,13H2,1-3H3,(H,21,25)/b20-16-. The molecule has 1 aromatic carbocycles. The molecule has 1 amide bonds. The van der Waals surface area contributed by atoms with Gasteiger partial charge in [-0.15, -0.1) is 0 Å². The first-order valence-electron chi connectivity index (χ1n) is 9.22. The average molecular weight is 404 g/mol. The fraction of sp³-hybridized carbons (Fsp3) is 0.421. The molecule has 1 aromatic heterocycles. The van der Waals surface area contributed by atoms with Gasteiger partial charge in [0.1, 0.15) is 6.54 Å². The fourth-order valence-corrected chi connectivity index (χ4v) is 4.68. The monoisotopic (exact) mass is 403 g/mol. The molecule has 2 aromatic rings. The number of aromatic nitrogens is 2. The van der Waals surface area contributed by atoms with Crippen LogP contribution in [0.2, 0.25) is 0 Å². The highest BCUT2D eigenvalue weighted by Gasteiger charge is 2.26. The van der Waals surface area contributed by atoms with Crippen LogP contribution in [-0.2, 0) is 21.4 Å². The van der Waals surface area contributed by atoms with Crippen LogP contribution < -0.4 is 5.43 Å². The zero-order valence-corrected chi connectivity index (χ0v) is 17.2. The first kappa shape index (κ1) is 20.2. The summed E-state index contributed by atoms with van der Waals surface area (Å²) in [5, 5.41) is 8.36. The Morgan fingerprint density at radius 2 is 1.82 bits per heavy atom. The van der Waals surface area contributed by atoms with E-state index in [0.29, 0.717) is 18.8 Å². The number of carbonyl (C=O) groups is 1. The zero-order valence-electron chi connectivity index (χ0n) is 16.3. The zero-order chi connectivity index (χ0) is 20.3. The maximum atomic E-state index is 12.6. The Balaban J connectivity index is 1.64. The average Bonchev–Trinajstić information content (AvgIpc) is 3.30. The molecule has 150 valence electrons. The molecule has 1 aliphatic rings. The molecule has 3 rings (SSSR count). The van der Waals surface area contributed by atoms with Gasteiger partial charge in [-0.3, -0.25) is 9.48 Å². The van der Waals surface area contributed by atoms with Gasteiger partial charge in [-0.1, -0.05) is 12.1 Å². The minimum atomic E-state index is -3.43. The largest absolute Gasteiger partial charge is 0.271 e. The van der Waals surface area contributed by atoms with Crippen molar-refractivity contribution in [2.75, 3.05) is 13.1 Å². The van der Waals surface area contributed by atoms with Crippen molar-refractivity contribution >= 4 is 21.6 Å². The normalized spacial score (nSPS) is 15.8. The number of aryl methyl sites for hydroxylation is 2. The molecule has 0 radical (unpaired) electrons. The smallest absolute Gasteiger partial charge is 0.261 e. The Morgan fingerprint density at radius 3 is 2.39 bits per heavy atom. The van der Waals surface area contributed by atoms with E-state index in [4.69, 9.17) is 0 Å². The Labute approximate surface area is 165 Å². The lowest BCUT2D eigenvalue weighted by Crippen LogP contribution is -2.27. The molecule has 0 saturated carbocycles. The number of nitrogens with zero attached hydrogens (tertiary/aromatic N) is 4. The van der Waals surface area contributed by atoms with Gasteiger partial charge in [0.25, 0.3) is 5.91 Å². The van der Waals surface area contributed by atoms with Crippen molar-refractivity contribution in [3.05, 3.63) is 47.3 Å². The molecule has 0 bridgehead atoms. The van der Waals surface area contributed by atoms with Crippen LogP contribution in [0.1, 0.15) is 36.7 Å². The summed E-state index contributed by atoms with van der Waals surface area (Å²) in [5.74, 6) is -0.279. The van der Waals surface area contributed by atoms with Crippen molar-refractivity contribution < 1.29 is 13.2 Å². The van der Waals surface area contributed by atoms with Crippen LogP contribution in [0.5, 0.6) is 0 Å². The summed E-state index contributed by atoms with van der Waals surface area (Å²) in [6.07, 6.45) is 1.81. The molecule has 8 nitrogen and oxygen atoms in total. The van der Waals surface area contributed by atoms with Gasteiger partial charge in [-0.05, 0) is 57.4 Å². The second kappa shape index (κ2) is 8.24. The van der Waals surface area contributed by atoms with E-state index < -0.39 is 10.0 Å². The van der Waals surface area contributed by atoms with Crippen LogP contribution in [0.15, 0.2) is 40.3 Å². The molecule has 28 heavy (non-hydrogen) atoms. The van der Waals surface area contributed by atoms with Crippen molar-refractivity contribution in [1.82, 2.24) is 19.5 Å². The molecular formula is C19H25N5O3S. The van der Waals surface area contributed by atoms with E-state index >= 15 is 0 Å². The summed E-state index contributed by atoms with van der Waals surface area (Å²) in [7, 11) is -3.43. The van der Waals surface area contributed by atoms with E-state index in [1.807, 2.05) is 19.9 Å². The van der Waals surface area contributed by atoms with Gasteiger partial charge in [0, 0.05) is 18.8 Å². The molecule has 0 atom stereocenters. The lowest BCUT2D eigenvalue weighted by atomic mass is 10.1. The predicted molar refractivity (Wildman–Crippen MR) is 106 cm³/mol. The Morgan fingerprint density at radius 1 is 1.18 bits per heavy atom. The number of amides is 1. The van der Waals surface area contributed by atoms with Crippen LogP contribution in [0.3, 0.4) is 0 Å². The van der Waals surface area contributed by atoms with Gasteiger partial charge in [0.05, 0.1) is 16.3 Å². The minimum absolute atomic E-state index is 0.0868. The number of hydrogen-bond donors (Lipinski definition) is 1. The highest BCUT2D eigenvalue weighted by molar-refractivity contribution is 7.89. The van der Waals surface area contributed by atoms with Gasteiger partial charge in [0.2, 0.25) is 10.0 Å². The maximum Gasteiger partial charge on any atom is 0.261 e. The molecule has 9 heteroatoms. The first-order valence-corrected chi connectivity index (χ1v) is 10.7. The molecule has 0 aliphatic carbocycles. The Hall–Kier alpha value is -2.52. The SMILES string of the molecule is C/C(=N/NC(=O)Cn1nc(C)cc1C)c1ccc(S(=O)(=O)N2CCCC2)cc1. The van der Waals surface area contributed by atoms with E-state index in [1.54, 1.807) is 35.9 Å². The molecule has 1 N–H and O–H groups in total. The van der Waals surface area contributed by atoms with Gasteiger partial charge in [-0.25, -0.2) is 13.8 Å². The number of hydrazone groups is 1. The second-order valence-electron chi connectivity index (χ2n) is 6.95. The molecule has 1 fully saturated rings. The summed E-state index contributed by atoms with van der Waals surface area (Å²) in [6, 6.07) is 8.48. The molecular weight excluding hydrogens is 378 g/mol. The third-order valence-corrected chi connectivity index (χ3v) is 6.63. The van der Waals surface area contributed by atoms with E-state index in [0.717, 1.165) is 29.8 Å². The lowest BCUT2D eigenvalue weighted by Gasteiger charge is -2.15. The molecule has 0 spiro atoms. The van der Waals surface area contributed by atoms with Crippen molar-refractivity contribution in [2.24, 2.45) is 5.10 Å². The Bertz CT molecular complexity index is 987. The van der Waals surface area contributed by atoms with Crippen molar-refractivity contribution in [3.63, 3.8) is 0 Å². The number of hydrogen-bond acceptors (Lipinski definition) is 5. The van der Waals surface area contributed by atoms with Crippen LogP contribution in [0.25, 0.3) is 0 Å². The van der Waals surface area contributed by atoms with E-state index in [2.05, 4.69) is 15.6 Å². The summed E-state index contributed by atoms with van der Waals surface area (Å²) < 4.78 is 28.3. The molecule has 1 saturated heterocycles. The summed E-state index contributed by atoms with van der Waals surface area (Å²) in [4.78, 5) is 12.4. The summed E-state index contributed by atoms with van der Waals surface area (Å²) in [6.45, 7) is 6.76. The first-order chi connectivity index (χ1) is 13.3. The fourth-order valence-electron chi connectivity index (χ4n) is 3.16. The van der Waals surface area contributed by atoms with Crippen LogP contribution in [0.4, 0.5) is 0 Å². The molecule has 0 unspecified atom stereocenters. The van der Waals surface area contributed by atoms with E-state index in [9.17, 15) is 13.2 Å². The number of rotatable bonds is 6. The third-order valence-electron chi connectivity index (χ3n) is 4.72. The Kier molecular flexibility index (Phi) is 5.95. The number of benzene rings is 1. The number of sulfonamides is 1. The number of carbonyl (C=O) groups excluding carboxylic acids is 1. The summed E-state index contributed by atoms with van der Waals surface area (Å²) in [5.41, 5.74) is 5.61. The highest BCUT2D eigenvalue weighted by atomic mass is 32.2. The van der Waals surface area contributed by atoms with Gasteiger partial charge in [-0.2, -0.15) is 14.5 Å². The predicted octanol–water partition coefficient (Wildman–Crippen LogP) is 1.82. The van der Waals surface area contributed by atoms with Gasteiger partial charge in [0.15, 0.2) is 0 Å². The number of nitrogens with one attached hydrogen (secondary N) is 1. The topological polar surface area (TPSA) is 96.7 Å². The molecule has 2 heterocycles. The van der Waals surface area contributed by atoms with Crippen LogP contribution in [0, 0.1) is 13.8 Å².